The van der Waals surface area contributed by atoms with Crippen molar-refractivity contribution in [1.29, 1.82) is 0 Å². The number of anilines is 1. The molecule has 2 aromatic rings. The molecule has 0 unspecified atom stereocenters. The van der Waals surface area contributed by atoms with Gasteiger partial charge in [0.1, 0.15) is 11.5 Å². The number of aromatic hydroxyl groups is 1. The second kappa shape index (κ2) is 7.94. The van der Waals surface area contributed by atoms with Gasteiger partial charge in [-0.3, -0.25) is 10.1 Å². The Morgan fingerprint density at radius 2 is 1.96 bits per heavy atom. The minimum atomic E-state index is -0.359. The first-order chi connectivity index (χ1) is 10.9. The van der Waals surface area contributed by atoms with Crippen molar-refractivity contribution in [3.8, 4) is 11.5 Å². The fourth-order valence-corrected chi connectivity index (χ4v) is 2.20. The molecule has 23 heavy (non-hydrogen) atoms. The molecule has 0 saturated carbocycles. The number of thiocarbonyl (C=S) groups is 1. The molecule has 0 spiro atoms. The summed E-state index contributed by atoms with van der Waals surface area (Å²) in [6.07, 6.45) is 0. The van der Waals surface area contributed by atoms with Crippen LogP contribution in [0, 0.1) is 6.92 Å². The Bertz CT molecular complexity index is 720. The fourth-order valence-electron chi connectivity index (χ4n) is 1.73. The van der Waals surface area contributed by atoms with Crippen molar-refractivity contribution >= 4 is 44.9 Å². The smallest absolute Gasteiger partial charge is 0.264 e. The third-order valence-electron chi connectivity index (χ3n) is 2.88. The molecule has 0 aliphatic heterocycles. The number of nitrogens with one attached hydrogen (secondary N) is 2. The third kappa shape index (κ3) is 5.54. The summed E-state index contributed by atoms with van der Waals surface area (Å²) < 4.78 is 6.40. The Balaban J connectivity index is 1.80. The number of halogens is 1. The standard InChI is InChI=1S/C16H15BrN2O3S/c1-10-8-13(6-7-14(10)17)22-9-15(21)19-16(23)18-11-2-4-12(20)5-3-11/h2-8,20H,9H2,1H3,(H2,18,19,21,23). The van der Waals surface area contributed by atoms with Gasteiger partial charge in [0.2, 0.25) is 0 Å². The van der Waals surface area contributed by atoms with E-state index in [1.807, 2.05) is 19.1 Å². The Morgan fingerprint density at radius 1 is 1.26 bits per heavy atom. The molecule has 0 aliphatic carbocycles. The highest BCUT2D eigenvalue weighted by atomic mass is 79.9. The van der Waals surface area contributed by atoms with Gasteiger partial charge in [-0.1, -0.05) is 15.9 Å². The lowest BCUT2D eigenvalue weighted by atomic mass is 10.2. The van der Waals surface area contributed by atoms with E-state index in [0.717, 1.165) is 10.0 Å². The fraction of sp³-hybridized carbons (Fsp3) is 0.125. The van der Waals surface area contributed by atoms with Crippen LogP contribution in [-0.2, 0) is 4.79 Å². The molecule has 0 aliphatic rings. The van der Waals surface area contributed by atoms with Gasteiger partial charge in [-0.25, -0.2) is 0 Å². The summed E-state index contributed by atoms with van der Waals surface area (Å²) >= 11 is 8.45. The van der Waals surface area contributed by atoms with Gasteiger partial charge in [-0.15, -0.1) is 0 Å². The van der Waals surface area contributed by atoms with E-state index >= 15 is 0 Å². The number of carbonyl (C=O) groups is 1. The summed E-state index contributed by atoms with van der Waals surface area (Å²) in [5.41, 5.74) is 1.69. The minimum Gasteiger partial charge on any atom is -0.508 e. The maximum absolute atomic E-state index is 11.8. The van der Waals surface area contributed by atoms with Crippen molar-refractivity contribution in [2.75, 3.05) is 11.9 Å². The maximum Gasteiger partial charge on any atom is 0.264 e. The van der Waals surface area contributed by atoms with Crippen LogP contribution >= 0.6 is 28.1 Å². The topological polar surface area (TPSA) is 70.6 Å². The van der Waals surface area contributed by atoms with Crippen LogP contribution in [0.1, 0.15) is 5.56 Å². The number of carbonyl (C=O) groups excluding carboxylic acids is 1. The first-order valence-corrected chi connectivity index (χ1v) is 7.93. The van der Waals surface area contributed by atoms with E-state index in [0.29, 0.717) is 11.4 Å². The van der Waals surface area contributed by atoms with Crippen LogP contribution in [0.3, 0.4) is 0 Å². The number of phenols is 1. The molecule has 0 aromatic heterocycles. The zero-order chi connectivity index (χ0) is 16.8. The normalized spacial score (nSPS) is 10.0. The molecule has 1 amide bonds. The third-order valence-corrected chi connectivity index (χ3v) is 3.97. The Kier molecular flexibility index (Phi) is 5.95. The summed E-state index contributed by atoms with van der Waals surface area (Å²) in [6, 6.07) is 11.8. The monoisotopic (exact) mass is 394 g/mol. The van der Waals surface area contributed by atoms with Crippen molar-refractivity contribution in [2.24, 2.45) is 0 Å². The van der Waals surface area contributed by atoms with Crippen LogP contribution < -0.4 is 15.4 Å². The van der Waals surface area contributed by atoms with Gasteiger partial charge in [0.25, 0.3) is 5.91 Å². The van der Waals surface area contributed by atoms with Crippen molar-refractivity contribution in [3.63, 3.8) is 0 Å². The molecule has 3 N–H and O–H groups in total. The van der Waals surface area contributed by atoms with E-state index in [9.17, 15) is 9.90 Å². The zero-order valence-electron chi connectivity index (χ0n) is 12.3. The molecule has 0 radical (unpaired) electrons. The van der Waals surface area contributed by atoms with E-state index in [2.05, 4.69) is 26.6 Å². The summed E-state index contributed by atoms with van der Waals surface area (Å²) in [6.45, 7) is 1.80. The van der Waals surface area contributed by atoms with E-state index in [1.54, 1.807) is 18.2 Å². The highest BCUT2D eigenvalue weighted by Crippen LogP contribution is 2.21. The van der Waals surface area contributed by atoms with E-state index < -0.39 is 0 Å². The molecule has 0 atom stereocenters. The summed E-state index contributed by atoms with van der Waals surface area (Å²) in [5, 5.41) is 14.7. The average molecular weight is 395 g/mol. The van der Waals surface area contributed by atoms with Crippen molar-refractivity contribution in [1.82, 2.24) is 5.32 Å². The highest BCUT2D eigenvalue weighted by Gasteiger charge is 2.07. The van der Waals surface area contributed by atoms with Gasteiger partial charge >= 0.3 is 0 Å². The number of benzene rings is 2. The largest absolute Gasteiger partial charge is 0.508 e. The van der Waals surface area contributed by atoms with Crippen LogP contribution in [0.4, 0.5) is 5.69 Å². The van der Waals surface area contributed by atoms with Crippen LogP contribution in [-0.4, -0.2) is 22.7 Å². The molecule has 0 bridgehead atoms. The van der Waals surface area contributed by atoms with Gasteiger partial charge in [-0.2, -0.15) is 0 Å². The average Bonchev–Trinajstić information content (AvgIpc) is 2.51. The summed E-state index contributed by atoms with van der Waals surface area (Å²) in [4.78, 5) is 11.8. The Hall–Kier alpha value is -2.12. The van der Waals surface area contributed by atoms with Gasteiger partial charge in [0, 0.05) is 10.2 Å². The number of phenolic OH excluding ortho intramolecular Hbond substituents is 1. The first kappa shape index (κ1) is 17.2. The first-order valence-electron chi connectivity index (χ1n) is 6.73. The summed E-state index contributed by atoms with van der Waals surface area (Å²) in [7, 11) is 0. The maximum atomic E-state index is 11.8. The van der Waals surface area contributed by atoms with Crippen LogP contribution in [0.15, 0.2) is 46.9 Å². The molecule has 7 heteroatoms. The molecule has 5 nitrogen and oxygen atoms in total. The lowest BCUT2D eigenvalue weighted by molar-refractivity contribution is -0.121. The molecule has 0 heterocycles. The van der Waals surface area contributed by atoms with Crippen LogP contribution in [0.5, 0.6) is 11.5 Å². The van der Waals surface area contributed by atoms with E-state index in [1.165, 1.54) is 12.1 Å². The molecule has 0 fully saturated rings. The van der Waals surface area contributed by atoms with Gasteiger partial charge in [0.05, 0.1) is 0 Å². The van der Waals surface area contributed by atoms with Gasteiger partial charge in [-0.05, 0) is 67.2 Å². The van der Waals surface area contributed by atoms with Crippen LogP contribution in [0.25, 0.3) is 0 Å². The molecule has 0 saturated heterocycles. The molecule has 2 aromatic carbocycles. The van der Waals surface area contributed by atoms with Crippen molar-refractivity contribution in [3.05, 3.63) is 52.5 Å². The zero-order valence-corrected chi connectivity index (χ0v) is 14.7. The van der Waals surface area contributed by atoms with E-state index in [-0.39, 0.29) is 23.4 Å². The Labute approximate surface area is 147 Å². The molecule has 2 rings (SSSR count). The Morgan fingerprint density at radius 3 is 2.61 bits per heavy atom. The number of hydrogen-bond acceptors (Lipinski definition) is 4. The lowest BCUT2D eigenvalue weighted by Crippen LogP contribution is -2.37. The number of aryl methyl sites for hydroxylation is 1. The quantitative estimate of drug-likeness (QED) is 0.547. The molecule has 120 valence electrons. The number of amides is 1. The number of rotatable bonds is 4. The second-order valence-corrected chi connectivity index (χ2v) is 6.01. The summed E-state index contributed by atoms with van der Waals surface area (Å²) in [5.74, 6) is 0.406. The van der Waals surface area contributed by atoms with E-state index in [4.69, 9.17) is 17.0 Å². The molecular formula is C16H15BrN2O3S. The number of ether oxygens (including phenoxy) is 1. The molecular weight excluding hydrogens is 380 g/mol. The lowest BCUT2D eigenvalue weighted by Gasteiger charge is -2.11. The van der Waals surface area contributed by atoms with Crippen LogP contribution in [0.2, 0.25) is 0 Å². The van der Waals surface area contributed by atoms with Gasteiger partial charge in [0.15, 0.2) is 11.7 Å². The van der Waals surface area contributed by atoms with Crippen molar-refractivity contribution < 1.29 is 14.6 Å². The SMILES string of the molecule is Cc1cc(OCC(=O)NC(=S)Nc2ccc(O)cc2)ccc1Br. The second-order valence-electron chi connectivity index (χ2n) is 4.75. The van der Waals surface area contributed by atoms with Crippen molar-refractivity contribution in [2.45, 2.75) is 6.92 Å². The highest BCUT2D eigenvalue weighted by molar-refractivity contribution is 9.10. The predicted molar refractivity (Wildman–Crippen MR) is 96.8 cm³/mol. The minimum absolute atomic E-state index is 0.140. The number of hydrogen-bond donors (Lipinski definition) is 3. The predicted octanol–water partition coefficient (Wildman–Crippen LogP) is 3.36. The van der Waals surface area contributed by atoms with Gasteiger partial charge < -0.3 is 15.2 Å².